The van der Waals surface area contributed by atoms with E-state index >= 15 is 0 Å². The fourth-order valence-corrected chi connectivity index (χ4v) is 3.89. The number of carbonyl (C=O) groups is 2. The van der Waals surface area contributed by atoms with Crippen molar-refractivity contribution in [3.05, 3.63) is 65.2 Å². The van der Waals surface area contributed by atoms with Crippen molar-refractivity contribution in [1.29, 1.82) is 0 Å². The van der Waals surface area contributed by atoms with Gasteiger partial charge < -0.3 is 10.0 Å². The number of nitrogens with one attached hydrogen (secondary N) is 1. The molecule has 1 fully saturated rings. The van der Waals surface area contributed by atoms with Gasteiger partial charge in [0.15, 0.2) is 0 Å². The second-order valence-corrected chi connectivity index (χ2v) is 8.30. The molecule has 0 aromatic heterocycles. The molecule has 2 N–H and O–H groups in total. The minimum absolute atomic E-state index is 0.0231. The van der Waals surface area contributed by atoms with Gasteiger partial charge in [-0.3, -0.25) is 4.79 Å². The number of carbonyl (C=O) groups excluding carboxylic acids is 1. The Kier molecular flexibility index (Phi) is 5.29. The lowest BCUT2D eigenvalue weighted by atomic mass is 10.1. The van der Waals surface area contributed by atoms with Gasteiger partial charge in [0.1, 0.15) is 0 Å². The molecule has 0 bridgehead atoms. The zero-order valence-corrected chi connectivity index (χ0v) is 15.6. The lowest BCUT2D eigenvalue weighted by molar-refractivity contribution is 0.0695. The number of sulfonamides is 1. The van der Waals surface area contributed by atoms with Gasteiger partial charge in [-0.25, -0.2) is 17.9 Å². The maximum absolute atomic E-state index is 12.5. The molecule has 1 amide bonds. The quantitative estimate of drug-likeness (QED) is 0.756. The van der Waals surface area contributed by atoms with Gasteiger partial charge in [0.25, 0.3) is 5.91 Å². The van der Waals surface area contributed by atoms with E-state index < -0.39 is 16.0 Å². The highest BCUT2D eigenvalue weighted by Gasteiger charge is 2.28. The number of nitrogens with zero attached hydrogens (tertiary/aromatic N) is 1. The Bertz CT molecular complexity index is 949. The first-order valence-electron chi connectivity index (χ1n) is 8.46. The Hall–Kier alpha value is -2.71. The van der Waals surface area contributed by atoms with Gasteiger partial charge in [-0.1, -0.05) is 12.1 Å². The summed E-state index contributed by atoms with van der Waals surface area (Å²) in [7, 11) is -1.91. The second-order valence-electron chi connectivity index (χ2n) is 6.58. The number of carboxylic acid groups (broad SMARTS) is 1. The Morgan fingerprint density at radius 1 is 1.04 bits per heavy atom. The molecule has 0 spiro atoms. The number of carboxylic acids is 1. The van der Waals surface area contributed by atoms with E-state index in [1.54, 1.807) is 19.2 Å². The van der Waals surface area contributed by atoms with Gasteiger partial charge >= 0.3 is 5.97 Å². The smallest absolute Gasteiger partial charge is 0.335 e. The van der Waals surface area contributed by atoms with Crippen molar-refractivity contribution < 1.29 is 23.1 Å². The fraction of sp³-hybridized carbons (Fsp3) is 0.263. The van der Waals surface area contributed by atoms with E-state index in [2.05, 4.69) is 4.72 Å². The number of benzene rings is 2. The molecular weight excluding hydrogens is 368 g/mol. The molecule has 0 heterocycles. The summed E-state index contributed by atoms with van der Waals surface area (Å²) < 4.78 is 26.9. The average Bonchev–Trinajstić information content (AvgIpc) is 3.45. The van der Waals surface area contributed by atoms with Crippen LogP contribution in [0, 0.1) is 0 Å². The molecule has 1 aliphatic carbocycles. The van der Waals surface area contributed by atoms with Crippen LogP contribution in [0.4, 0.5) is 0 Å². The van der Waals surface area contributed by atoms with Crippen molar-refractivity contribution in [3.8, 4) is 0 Å². The highest BCUT2D eigenvalue weighted by atomic mass is 32.2. The zero-order valence-electron chi connectivity index (χ0n) is 14.8. The molecule has 0 saturated heterocycles. The fourth-order valence-electron chi connectivity index (χ4n) is 2.58. The monoisotopic (exact) mass is 388 g/mol. The zero-order chi connectivity index (χ0) is 19.6. The average molecular weight is 388 g/mol. The molecule has 142 valence electrons. The summed E-state index contributed by atoms with van der Waals surface area (Å²) in [6.07, 6.45) is 1.71. The predicted octanol–water partition coefficient (Wildman–Crippen LogP) is 2.10. The third-order valence-electron chi connectivity index (χ3n) is 4.28. The van der Waals surface area contributed by atoms with Crippen LogP contribution in [0.5, 0.6) is 0 Å². The normalized spacial score (nSPS) is 14.0. The van der Waals surface area contributed by atoms with Gasteiger partial charge in [-0.05, 0) is 54.8 Å². The van der Waals surface area contributed by atoms with Crippen molar-refractivity contribution in [2.75, 3.05) is 7.05 Å². The summed E-state index contributed by atoms with van der Waals surface area (Å²) in [5, 5.41) is 8.91. The van der Waals surface area contributed by atoms with Gasteiger partial charge in [0, 0.05) is 25.2 Å². The molecule has 27 heavy (non-hydrogen) atoms. The Morgan fingerprint density at radius 3 is 2.11 bits per heavy atom. The SMILES string of the molecule is CN(Cc1ccc(C(=O)O)cc1)C(=O)c1ccc(S(=O)(=O)NC2CC2)cc1. The molecule has 8 heteroatoms. The molecule has 0 atom stereocenters. The minimum atomic E-state index is -3.54. The van der Waals surface area contributed by atoms with Gasteiger partial charge in [0.2, 0.25) is 10.0 Å². The Labute approximate surface area is 157 Å². The summed E-state index contributed by atoms with van der Waals surface area (Å²) in [4.78, 5) is 25.0. The van der Waals surface area contributed by atoms with Crippen molar-refractivity contribution in [2.45, 2.75) is 30.3 Å². The largest absolute Gasteiger partial charge is 0.478 e. The highest BCUT2D eigenvalue weighted by molar-refractivity contribution is 7.89. The van der Waals surface area contributed by atoms with E-state index in [1.807, 2.05) is 0 Å². The van der Waals surface area contributed by atoms with Gasteiger partial charge in [-0.2, -0.15) is 0 Å². The third-order valence-corrected chi connectivity index (χ3v) is 5.81. The molecular formula is C19H20N2O5S. The van der Waals surface area contributed by atoms with Crippen LogP contribution in [-0.2, 0) is 16.6 Å². The number of hydrogen-bond acceptors (Lipinski definition) is 4. The molecule has 2 aromatic carbocycles. The molecule has 3 rings (SSSR count). The van der Waals surface area contributed by atoms with Gasteiger partial charge in [0.05, 0.1) is 10.5 Å². The van der Waals surface area contributed by atoms with Crippen molar-refractivity contribution in [2.24, 2.45) is 0 Å². The number of rotatable bonds is 7. The Morgan fingerprint density at radius 2 is 1.59 bits per heavy atom. The summed E-state index contributed by atoms with van der Waals surface area (Å²) in [6, 6.07) is 12.2. The first-order chi connectivity index (χ1) is 12.8. The lowest BCUT2D eigenvalue weighted by Crippen LogP contribution is -2.27. The van der Waals surface area contributed by atoms with Crippen molar-refractivity contribution in [3.63, 3.8) is 0 Å². The van der Waals surface area contributed by atoms with Crippen LogP contribution in [0.3, 0.4) is 0 Å². The molecule has 1 saturated carbocycles. The van der Waals surface area contributed by atoms with Gasteiger partial charge in [-0.15, -0.1) is 0 Å². The van der Waals surface area contributed by atoms with E-state index in [9.17, 15) is 18.0 Å². The number of aromatic carboxylic acids is 1. The number of amides is 1. The maximum Gasteiger partial charge on any atom is 0.335 e. The molecule has 0 aliphatic heterocycles. The third kappa shape index (κ3) is 4.72. The minimum Gasteiger partial charge on any atom is -0.478 e. The van der Waals surface area contributed by atoms with E-state index in [1.165, 1.54) is 41.3 Å². The van der Waals surface area contributed by atoms with E-state index in [0.717, 1.165) is 18.4 Å². The summed E-state index contributed by atoms with van der Waals surface area (Å²) >= 11 is 0. The van der Waals surface area contributed by atoms with Crippen molar-refractivity contribution in [1.82, 2.24) is 9.62 Å². The molecule has 1 aliphatic rings. The van der Waals surface area contributed by atoms with E-state index in [0.29, 0.717) is 12.1 Å². The van der Waals surface area contributed by atoms with Crippen LogP contribution in [0.2, 0.25) is 0 Å². The molecule has 0 unspecified atom stereocenters. The lowest BCUT2D eigenvalue weighted by Gasteiger charge is -2.17. The molecule has 0 radical (unpaired) electrons. The molecule has 2 aromatic rings. The van der Waals surface area contributed by atoms with Crippen LogP contribution < -0.4 is 4.72 Å². The Balaban J connectivity index is 1.66. The van der Waals surface area contributed by atoms with Crippen LogP contribution in [0.1, 0.15) is 39.1 Å². The summed E-state index contributed by atoms with van der Waals surface area (Å²) in [5.74, 6) is -1.26. The van der Waals surface area contributed by atoms with Crippen LogP contribution >= 0.6 is 0 Å². The number of hydrogen-bond donors (Lipinski definition) is 2. The first kappa shape index (κ1) is 19.1. The summed E-state index contributed by atoms with van der Waals surface area (Å²) in [5.41, 5.74) is 1.36. The highest BCUT2D eigenvalue weighted by Crippen LogP contribution is 2.22. The second kappa shape index (κ2) is 7.50. The van der Waals surface area contributed by atoms with Crippen LogP contribution in [-0.4, -0.2) is 43.4 Å². The topological polar surface area (TPSA) is 104 Å². The maximum atomic E-state index is 12.5. The van der Waals surface area contributed by atoms with E-state index in [4.69, 9.17) is 5.11 Å². The standard InChI is InChI=1S/C19H20N2O5S/c1-21(12-13-2-4-15(5-3-13)19(23)24)18(22)14-6-10-17(11-7-14)27(25,26)20-16-8-9-16/h2-7,10-11,16,20H,8-9,12H2,1H3,(H,23,24). The predicted molar refractivity (Wildman–Crippen MR) is 99.0 cm³/mol. The van der Waals surface area contributed by atoms with Crippen LogP contribution in [0.15, 0.2) is 53.4 Å². The first-order valence-corrected chi connectivity index (χ1v) is 9.95. The summed E-state index contributed by atoms with van der Waals surface area (Å²) in [6.45, 7) is 0.308. The molecule has 7 nitrogen and oxygen atoms in total. The van der Waals surface area contributed by atoms with E-state index in [-0.39, 0.29) is 22.4 Å². The van der Waals surface area contributed by atoms with Crippen LogP contribution in [0.25, 0.3) is 0 Å². The van der Waals surface area contributed by atoms with Crippen molar-refractivity contribution >= 4 is 21.9 Å².